The van der Waals surface area contributed by atoms with Gasteiger partial charge < -0.3 is 25.4 Å². The Kier molecular flexibility index (Phi) is 15.2. The monoisotopic (exact) mass is 912 g/mol. The number of thioether (sulfide) groups is 1. The molecule has 7 aromatic rings. The van der Waals surface area contributed by atoms with Crippen LogP contribution in [-0.4, -0.2) is 41.7 Å². The molecular weight excluding hydrogens is 865 g/mol. The molecule has 3 N–H and O–H groups in total. The number of carbonyl (C=O) groups excluding carboxylic acids is 4. The maximum Gasteiger partial charge on any atom is 0.341 e. The molecule has 1 atom stereocenters. The highest BCUT2D eigenvalue weighted by Crippen LogP contribution is 2.41. The minimum Gasteiger partial charge on any atom is -0.489 e. The quantitative estimate of drug-likeness (QED) is 0.0468. The standard InChI is InChI=1S/C54H48N4O6S2/c1-2-63-54(62)48-45-30-31-58(34-38-16-7-3-8-17-38)35-47(45)66-53(48)57-52(61)49(40-20-11-5-12-21-40)65-44-25-15-24-42(33-44)55-51(60)46(56-50(59)41-22-13-6-14-23-41)32-37-26-28-43(29-27-37)64-36-39-18-9-4-10-19-39/h3-29,32-33,49H,2,30-31,34-36H2,1H3,(H,55,60)(H,56,59)(H,57,61)/b46-32-. The summed E-state index contributed by atoms with van der Waals surface area (Å²) in [6.45, 7) is 4.59. The van der Waals surface area contributed by atoms with Gasteiger partial charge in [-0.1, -0.05) is 127 Å². The van der Waals surface area contributed by atoms with Crippen LogP contribution in [0.25, 0.3) is 6.08 Å². The van der Waals surface area contributed by atoms with Crippen LogP contribution in [0.3, 0.4) is 0 Å². The Morgan fingerprint density at radius 1 is 0.758 bits per heavy atom. The molecule has 12 heteroatoms. The summed E-state index contributed by atoms with van der Waals surface area (Å²) in [7, 11) is 0. The third-order valence-electron chi connectivity index (χ3n) is 10.8. The van der Waals surface area contributed by atoms with Gasteiger partial charge in [0.05, 0.1) is 12.2 Å². The molecule has 0 spiro atoms. The van der Waals surface area contributed by atoms with E-state index < -0.39 is 23.0 Å². The molecule has 66 heavy (non-hydrogen) atoms. The zero-order chi connectivity index (χ0) is 45.7. The summed E-state index contributed by atoms with van der Waals surface area (Å²) in [5.41, 5.74) is 5.89. The molecule has 1 unspecified atom stereocenters. The van der Waals surface area contributed by atoms with Crippen LogP contribution >= 0.6 is 23.1 Å². The van der Waals surface area contributed by atoms with Crippen molar-refractivity contribution in [2.45, 2.75) is 43.2 Å². The third-order valence-corrected chi connectivity index (χ3v) is 13.1. The number of hydrogen-bond donors (Lipinski definition) is 3. The maximum absolute atomic E-state index is 14.5. The van der Waals surface area contributed by atoms with Crippen LogP contribution in [0.2, 0.25) is 0 Å². The number of fused-ring (bicyclic) bond motifs is 1. The molecule has 2 heterocycles. The molecule has 1 aromatic heterocycles. The summed E-state index contributed by atoms with van der Waals surface area (Å²) in [6, 6.07) is 52.7. The summed E-state index contributed by atoms with van der Waals surface area (Å²) >= 11 is 2.74. The largest absolute Gasteiger partial charge is 0.489 e. The molecule has 0 aliphatic carbocycles. The molecule has 10 nitrogen and oxygen atoms in total. The van der Waals surface area contributed by atoms with E-state index in [1.807, 2.05) is 115 Å². The lowest BCUT2D eigenvalue weighted by Gasteiger charge is -2.27. The number of nitrogens with zero attached hydrogens (tertiary/aromatic N) is 1. The van der Waals surface area contributed by atoms with Crippen LogP contribution in [0.15, 0.2) is 180 Å². The molecule has 0 fully saturated rings. The van der Waals surface area contributed by atoms with E-state index in [0.29, 0.717) is 57.6 Å². The Morgan fingerprint density at radius 2 is 1.42 bits per heavy atom. The Hall–Kier alpha value is -7.25. The second-order valence-electron chi connectivity index (χ2n) is 15.5. The summed E-state index contributed by atoms with van der Waals surface area (Å²) in [5, 5.41) is 8.64. The van der Waals surface area contributed by atoms with E-state index in [4.69, 9.17) is 9.47 Å². The van der Waals surface area contributed by atoms with Crippen LogP contribution < -0.4 is 20.7 Å². The number of carbonyl (C=O) groups is 4. The number of rotatable bonds is 17. The van der Waals surface area contributed by atoms with Crippen molar-refractivity contribution >= 4 is 63.6 Å². The minimum atomic E-state index is -0.735. The Balaban J connectivity index is 1.01. The SMILES string of the molecule is CCOC(=O)c1c(NC(=O)C(Sc2cccc(NC(=O)/C(=C/c3ccc(OCc4ccccc4)cc3)NC(=O)c3ccccc3)c2)c2ccccc2)sc2c1CCN(Cc1ccccc1)C2. The smallest absolute Gasteiger partial charge is 0.341 e. The van der Waals surface area contributed by atoms with E-state index in [-0.39, 0.29) is 18.2 Å². The fourth-order valence-electron chi connectivity index (χ4n) is 7.51. The van der Waals surface area contributed by atoms with Crippen molar-refractivity contribution in [1.29, 1.82) is 0 Å². The van der Waals surface area contributed by atoms with Gasteiger partial charge >= 0.3 is 5.97 Å². The van der Waals surface area contributed by atoms with Gasteiger partial charge in [-0.25, -0.2) is 4.79 Å². The molecule has 0 radical (unpaired) electrons. The number of thiophene rings is 1. The molecule has 0 saturated heterocycles. The van der Waals surface area contributed by atoms with Crippen LogP contribution in [-0.2, 0) is 40.4 Å². The van der Waals surface area contributed by atoms with Crippen molar-refractivity contribution in [1.82, 2.24) is 10.2 Å². The molecule has 3 amide bonds. The Labute approximate surface area is 392 Å². The summed E-state index contributed by atoms with van der Waals surface area (Å²) in [5.74, 6) is -1.09. The van der Waals surface area contributed by atoms with Gasteiger partial charge in [-0.05, 0) is 89.7 Å². The van der Waals surface area contributed by atoms with Crippen molar-refractivity contribution in [3.05, 3.63) is 219 Å². The van der Waals surface area contributed by atoms with E-state index in [1.165, 1.54) is 28.7 Å². The van der Waals surface area contributed by atoms with E-state index in [0.717, 1.165) is 34.7 Å². The third kappa shape index (κ3) is 11.9. The normalized spacial score (nSPS) is 12.9. The zero-order valence-corrected chi connectivity index (χ0v) is 37.9. The first-order valence-electron chi connectivity index (χ1n) is 21.7. The molecule has 8 rings (SSSR count). The van der Waals surface area contributed by atoms with Crippen molar-refractivity contribution < 1.29 is 28.7 Å². The lowest BCUT2D eigenvalue weighted by Crippen LogP contribution is -2.30. The molecule has 1 aliphatic rings. The van der Waals surface area contributed by atoms with Gasteiger partial charge in [-0.2, -0.15) is 0 Å². The van der Waals surface area contributed by atoms with Crippen molar-refractivity contribution in [3.63, 3.8) is 0 Å². The fraction of sp³-hybridized carbons (Fsp3) is 0.148. The lowest BCUT2D eigenvalue weighted by atomic mass is 10.0. The number of ether oxygens (including phenoxy) is 2. The summed E-state index contributed by atoms with van der Waals surface area (Å²) in [4.78, 5) is 59.6. The predicted octanol–water partition coefficient (Wildman–Crippen LogP) is 10.9. The molecule has 0 saturated carbocycles. The van der Waals surface area contributed by atoms with E-state index in [2.05, 4.69) is 33.0 Å². The van der Waals surface area contributed by atoms with Crippen molar-refractivity contribution in [2.75, 3.05) is 23.8 Å². The second kappa shape index (κ2) is 22.1. The van der Waals surface area contributed by atoms with Gasteiger partial charge in [0.2, 0.25) is 5.91 Å². The number of benzene rings is 6. The molecular formula is C54H48N4O6S2. The molecule has 1 aliphatic heterocycles. The topological polar surface area (TPSA) is 126 Å². The van der Waals surface area contributed by atoms with Crippen LogP contribution in [0.4, 0.5) is 10.7 Å². The van der Waals surface area contributed by atoms with Gasteiger partial charge in [-0.3, -0.25) is 19.3 Å². The lowest BCUT2D eigenvalue weighted by molar-refractivity contribution is -0.116. The number of anilines is 2. The molecule has 6 aromatic carbocycles. The van der Waals surface area contributed by atoms with Gasteiger partial charge in [-0.15, -0.1) is 23.1 Å². The first-order chi connectivity index (χ1) is 32.3. The second-order valence-corrected chi connectivity index (χ2v) is 17.8. The number of amides is 3. The maximum atomic E-state index is 14.5. The highest BCUT2D eigenvalue weighted by molar-refractivity contribution is 8.00. The van der Waals surface area contributed by atoms with Crippen molar-refractivity contribution in [2.24, 2.45) is 0 Å². The highest BCUT2D eigenvalue weighted by Gasteiger charge is 2.32. The summed E-state index contributed by atoms with van der Waals surface area (Å²) in [6.07, 6.45) is 2.26. The first kappa shape index (κ1) is 45.3. The molecule has 332 valence electrons. The average molecular weight is 913 g/mol. The number of esters is 1. The predicted molar refractivity (Wildman–Crippen MR) is 262 cm³/mol. The van der Waals surface area contributed by atoms with Gasteiger partial charge in [0.1, 0.15) is 28.3 Å². The number of hydrogen-bond acceptors (Lipinski definition) is 9. The zero-order valence-electron chi connectivity index (χ0n) is 36.3. The number of nitrogens with one attached hydrogen (secondary N) is 3. The van der Waals surface area contributed by atoms with E-state index >= 15 is 0 Å². The van der Waals surface area contributed by atoms with Crippen LogP contribution in [0, 0.1) is 0 Å². The van der Waals surface area contributed by atoms with Gasteiger partial charge in [0, 0.05) is 40.7 Å². The van der Waals surface area contributed by atoms with Crippen LogP contribution in [0.5, 0.6) is 5.75 Å². The minimum absolute atomic E-state index is 0.0284. The van der Waals surface area contributed by atoms with Crippen molar-refractivity contribution in [3.8, 4) is 5.75 Å². The summed E-state index contributed by atoms with van der Waals surface area (Å²) < 4.78 is 11.5. The Bertz CT molecular complexity index is 2800. The first-order valence-corrected chi connectivity index (χ1v) is 23.4. The van der Waals surface area contributed by atoms with E-state index in [9.17, 15) is 19.2 Å². The average Bonchev–Trinajstić information content (AvgIpc) is 3.71. The molecule has 0 bridgehead atoms. The Morgan fingerprint density at radius 3 is 2.12 bits per heavy atom. The fourth-order valence-corrected chi connectivity index (χ4v) is 9.87. The highest BCUT2D eigenvalue weighted by atomic mass is 32.2. The van der Waals surface area contributed by atoms with Crippen LogP contribution in [0.1, 0.15) is 65.6 Å². The van der Waals surface area contributed by atoms with Gasteiger partial charge in [0.25, 0.3) is 11.8 Å². The van der Waals surface area contributed by atoms with E-state index in [1.54, 1.807) is 55.5 Å². The van der Waals surface area contributed by atoms with Gasteiger partial charge in [0.15, 0.2) is 0 Å².